The Hall–Kier alpha value is -1.51. The largest absolute Gasteiger partial charge is 0.346 e. The Morgan fingerprint density at radius 2 is 1.50 bits per heavy atom. The first-order valence-electron chi connectivity index (χ1n) is 6.64. The van der Waals surface area contributed by atoms with Crippen LogP contribution in [0.25, 0.3) is 0 Å². The van der Waals surface area contributed by atoms with E-state index < -0.39 is 0 Å². The molecule has 1 aromatic carbocycles. The number of rotatable bonds is 4. The Morgan fingerprint density at radius 1 is 1.00 bits per heavy atom. The summed E-state index contributed by atoms with van der Waals surface area (Å²) in [6.07, 6.45) is 0. The molecule has 0 unspecified atom stereocenters. The van der Waals surface area contributed by atoms with Gasteiger partial charge in [-0.3, -0.25) is 15.2 Å². The summed E-state index contributed by atoms with van der Waals surface area (Å²) in [7, 11) is 2.10. The Balaban J connectivity index is 2.81. The summed E-state index contributed by atoms with van der Waals surface area (Å²) in [5, 5.41) is 6.93. The van der Waals surface area contributed by atoms with Gasteiger partial charge in [-0.15, -0.1) is 0 Å². The lowest BCUT2D eigenvalue weighted by molar-refractivity contribution is -0.518. The molecule has 18 heavy (non-hydrogen) atoms. The highest BCUT2D eigenvalue weighted by Crippen LogP contribution is 1.99. The second kappa shape index (κ2) is 7.04. The number of hydrogen-bond acceptors (Lipinski definition) is 0. The van der Waals surface area contributed by atoms with Crippen molar-refractivity contribution in [3.8, 4) is 0 Å². The standard InChI is InChI=1S/C15H25N3/c1-12(2)16-15(17-13(3)4)18(5)11-14-9-7-6-8-10-14/h6-10,12-13H,11H2,1-5H3,(H,16,17)/p+1. The molecule has 0 radical (unpaired) electrons. The molecule has 0 saturated carbocycles. The van der Waals surface area contributed by atoms with Gasteiger partial charge in [-0.2, -0.15) is 0 Å². The van der Waals surface area contributed by atoms with Crippen LogP contribution in [0.15, 0.2) is 30.3 Å². The highest BCUT2D eigenvalue weighted by atomic mass is 15.2. The van der Waals surface area contributed by atoms with Gasteiger partial charge in [-0.1, -0.05) is 30.3 Å². The zero-order valence-electron chi connectivity index (χ0n) is 12.2. The van der Waals surface area contributed by atoms with Crippen molar-refractivity contribution in [3.05, 3.63) is 35.9 Å². The molecule has 0 aliphatic carbocycles. The first-order valence-corrected chi connectivity index (χ1v) is 6.64. The lowest BCUT2D eigenvalue weighted by Crippen LogP contribution is -2.48. The minimum Gasteiger partial charge on any atom is -0.276 e. The van der Waals surface area contributed by atoms with E-state index in [1.54, 1.807) is 0 Å². The van der Waals surface area contributed by atoms with Crippen LogP contribution < -0.4 is 10.6 Å². The Labute approximate surface area is 111 Å². The third-order valence-corrected chi connectivity index (χ3v) is 2.50. The topological polar surface area (TPSA) is 27.1 Å². The molecule has 0 saturated heterocycles. The fourth-order valence-corrected chi connectivity index (χ4v) is 1.75. The Bertz CT molecular complexity index is 368. The van der Waals surface area contributed by atoms with E-state index in [0.717, 1.165) is 12.5 Å². The lowest BCUT2D eigenvalue weighted by Gasteiger charge is -2.15. The molecule has 100 valence electrons. The van der Waals surface area contributed by atoms with E-state index in [2.05, 4.69) is 74.2 Å². The zero-order chi connectivity index (χ0) is 13.5. The number of benzene rings is 1. The number of nitrogens with zero attached hydrogens (tertiary/aromatic N) is 1. The molecule has 0 aromatic heterocycles. The predicted molar refractivity (Wildman–Crippen MR) is 77.9 cm³/mol. The van der Waals surface area contributed by atoms with Crippen LogP contribution in [-0.2, 0) is 6.54 Å². The average Bonchev–Trinajstić information content (AvgIpc) is 2.28. The van der Waals surface area contributed by atoms with E-state index in [0.29, 0.717) is 12.1 Å². The van der Waals surface area contributed by atoms with Gasteiger partial charge in [0.25, 0.3) is 0 Å². The molecule has 0 spiro atoms. The van der Waals surface area contributed by atoms with E-state index >= 15 is 0 Å². The molecule has 0 aliphatic rings. The third-order valence-electron chi connectivity index (χ3n) is 2.50. The summed E-state index contributed by atoms with van der Waals surface area (Å²) in [4.78, 5) is 0. The van der Waals surface area contributed by atoms with Crippen molar-refractivity contribution >= 4 is 5.96 Å². The van der Waals surface area contributed by atoms with E-state index in [9.17, 15) is 0 Å². The maximum absolute atomic E-state index is 3.46. The molecule has 3 nitrogen and oxygen atoms in total. The Kier molecular flexibility index (Phi) is 5.69. The zero-order valence-corrected chi connectivity index (χ0v) is 12.2. The molecule has 1 aromatic rings. The van der Waals surface area contributed by atoms with Crippen LogP contribution in [0, 0.1) is 0 Å². The van der Waals surface area contributed by atoms with Crippen LogP contribution in [0.3, 0.4) is 0 Å². The van der Waals surface area contributed by atoms with Gasteiger partial charge in [-0.25, -0.2) is 0 Å². The van der Waals surface area contributed by atoms with E-state index in [-0.39, 0.29) is 0 Å². The second-order valence-corrected chi connectivity index (χ2v) is 5.29. The number of guanidine groups is 1. The van der Waals surface area contributed by atoms with Crippen molar-refractivity contribution in [2.24, 2.45) is 0 Å². The molecule has 0 aliphatic heterocycles. The molecule has 3 heteroatoms. The number of hydrogen-bond donors (Lipinski definition) is 2. The summed E-state index contributed by atoms with van der Waals surface area (Å²) in [6.45, 7) is 9.50. The Morgan fingerprint density at radius 3 is 1.94 bits per heavy atom. The molecule has 0 amide bonds. The van der Waals surface area contributed by atoms with Crippen molar-refractivity contribution in [2.45, 2.75) is 46.3 Å². The molecule has 1 rings (SSSR count). The minimum atomic E-state index is 0.421. The second-order valence-electron chi connectivity index (χ2n) is 5.29. The van der Waals surface area contributed by atoms with Crippen molar-refractivity contribution in [2.75, 3.05) is 7.05 Å². The van der Waals surface area contributed by atoms with Gasteiger partial charge in [0.2, 0.25) is 0 Å². The highest BCUT2D eigenvalue weighted by Gasteiger charge is 2.13. The SMILES string of the molecule is CC(C)NC(NC(C)C)=[N+](C)Cc1ccccc1. The predicted octanol–water partition coefficient (Wildman–Crippen LogP) is 2.18. The van der Waals surface area contributed by atoms with Gasteiger partial charge < -0.3 is 0 Å². The normalized spacial score (nSPS) is 10.6. The maximum atomic E-state index is 3.46. The summed E-state index contributed by atoms with van der Waals surface area (Å²) in [5.41, 5.74) is 1.31. The van der Waals surface area contributed by atoms with Gasteiger partial charge in [0.1, 0.15) is 0 Å². The van der Waals surface area contributed by atoms with Gasteiger partial charge in [0, 0.05) is 0 Å². The molecule has 2 N–H and O–H groups in total. The van der Waals surface area contributed by atoms with Crippen LogP contribution in [0.2, 0.25) is 0 Å². The van der Waals surface area contributed by atoms with E-state index in [4.69, 9.17) is 0 Å². The van der Waals surface area contributed by atoms with Crippen molar-refractivity contribution in [1.29, 1.82) is 0 Å². The van der Waals surface area contributed by atoms with Gasteiger partial charge in [0.15, 0.2) is 0 Å². The lowest BCUT2D eigenvalue weighted by atomic mass is 10.2. The summed E-state index contributed by atoms with van der Waals surface area (Å²) < 4.78 is 2.22. The quantitative estimate of drug-likeness (QED) is 0.485. The fourth-order valence-electron chi connectivity index (χ4n) is 1.75. The van der Waals surface area contributed by atoms with Gasteiger partial charge >= 0.3 is 5.96 Å². The van der Waals surface area contributed by atoms with Gasteiger partial charge in [-0.05, 0) is 33.3 Å². The summed E-state index contributed by atoms with van der Waals surface area (Å²) >= 11 is 0. The summed E-state index contributed by atoms with van der Waals surface area (Å²) in [6, 6.07) is 11.3. The van der Waals surface area contributed by atoms with Crippen LogP contribution in [0.4, 0.5) is 0 Å². The van der Waals surface area contributed by atoms with Crippen LogP contribution >= 0.6 is 0 Å². The molecular weight excluding hydrogens is 222 g/mol. The maximum Gasteiger partial charge on any atom is 0.346 e. The third kappa shape index (κ3) is 5.21. The molecular formula is C15H26N3+. The molecule has 0 atom stereocenters. The van der Waals surface area contributed by atoms with Crippen LogP contribution in [0.1, 0.15) is 33.3 Å². The first kappa shape index (κ1) is 14.6. The molecule has 0 bridgehead atoms. The fraction of sp³-hybridized carbons (Fsp3) is 0.533. The monoisotopic (exact) mass is 248 g/mol. The van der Waals surface area contributed by atoms with Crippen molar-refractivity contribution < 1.29 is 4.58 Å². The van der Waals surface area contributed by atoms with Crippen molar-refractivity contribution in [1.82, 2.24) is 10.6 Å². The first-order chi connectivity index (χ1) is 8.49. The van der Waals surface area contributed by atoms with Gasteiger partial charge in [0.05, 0.1) is 25.7 Å². The van der Waals surface area contributed by atoms with Crippen LogP contribution in [0.5, 0.6) is 0 Å². The highest BCUT2D eigenvalue weighted by molar-refractivity contribution is 5.75. The van der Waals surface area contributed by atoms with E-state index in [1.807, 2.05) is 6.07 Å². The summed E-state index contributed by atoms with van der Waals surface area (Å²) in [5.74, 6) is 1.09. The molecule has 0 heterocycles. The van der Waals surface area contributed by atoms with Crippen LogP contribution in [-0.4, -0.2) is 29.7 Å². The average molecular weight is 248 g/mol. The van der Waals surface area contributed by atoms with E-state index in [1.165, 1.54) is 5.56 Å². The minimum absolute atomic E-state index is 0.421. The smallest absolute Gasteiger partial charge is 0.276 e. The number of nitrogens with one attached hydrogen (secondary N) is 2. The molecule has 0 fully saturated rings. The van der Waals surface area contributed by atoms with Crippen molar-refractivity contribution in [3.63, 3.8) is 0 Å².